The minimum atomic E-state index is 0.680. The Kier molecular flexibility index (Phi) is 10.4. The average molecular weight is 872 g/mol. The van der Waals surface area contributed by atoms with Gasteiger partial charge in [0.05, 0.1) is 22.8 Å². The third kappa shape index (κ3) is 7.59. The SMILES string of the molecule is c1ccc(-c2cc(-c3ccc(-c4c(-c5ccccc5)c(-c5ccccc5)nc(-c5ccccc5)c4-c4ccccc4)cc3)nc(-c3ccc(-c4cccc5c4sc4ccccc45)cc3)n2)cc1. The maximum Gasteiger partial charge on any atom is 0.160 e. The van der Waals surface area contributed by atoms with Gasteiger partial charge in [0.1, 0.15) is 0 Å². The number of pyridine rings is 1. The molecule has 12 aromatic rings. The number of thiophene rings is 1. The van der Waals surface area contributed by atoms with Crippen LogP contribution in [0.2, 0.25) is 0 Å². The molecule has 0 amide bonds. The highest BCUT2D eigenvalue weighted by Gasteiger charge is 2.25. The summed E-state index contributed by atoms with van der Waals surface area (Å²) in [6.45, 7) is 0. The lowest BCUT2D eigenvalue weighted by Gasteiger charge is -2.23. The van der Waals surface area contributed by atoms with Crippen LogP contribution in [0, 0.1) is 0 Å². The number of nitrogens with zero attached hydrogens (tertiary/aromatic N) is 3. The van der Waals surface area contributed by atoms with Crippen molar-refractivity contribution < 1.29 is 0 Å². The van der Waals surface area contributed by atoms with Gasteiger partial charge in [-0.15, -0.1) is 11.3 Å². The second kappa shape index (κ2) is 17.4. The fourth-order valence-corrected chi connectivity index (χ4v) is 10.6. The molecule has 4 heteroatoms. The Balaban J connectivity index is 1.02. The van der Waals surface area contributed by atoms with E-state index in [0.29, 0.717) is 5.82 Å². The van der Waals surface area contributed by atoms with Crippen molar-refractivity contribution in [3.05, 3.63) is 249 Å². The van der Waals surface area contributed by atoms with Gasteiger partial charge in [-0.1, -0.05) is 237 Å². The number of hydrogen-bond donors (Lipinski definition) is 0. The number of hydrogen-bond acceptors (Lipinski definition) is 4. The molecule has 12 rings (SSSR count). The van der Waals surface area contributed by atoms with Crippen LogP contribution in [0.25, 0.3) is 121 Å². The average Bonchev–Trinajstić information content (AvgIpc) is 3.81. The zero-order chi connectivity index (χ0) is 44.5. The van der Waals surface area contributed by atoms with Crippen LogP contribution >= 0.6 is 11.3 Å². The molecule has 0 N–H and O–H groups in total. The second-order valence-electron chi connectivity index (χ2n) is 16.7. The molecule has 0 radical (unpaired) electrons. The third-order valence-corrected chi connectivity index (χ3v) is 13.8. The van der Waals surface area contributed by atoms with E-state index in [0.717, 1.165) is 84.0 Å². The molecule has 0 aliphatic rings. The minimum absolute atomic E-state index is 0.680. The van der Waals surface area contributed by atoms with Gasteiger partial charge in [0.25, 0.3) is 0 Å². The van der Waals surface area contributed by atoms with Crippen LogP contribution in [-0.2, 0) is 0 Å². The molecule has 67 heavy (non-hydrogen) atoms. The van der Waals surface area contributed by atoms with Gasteiger partial charge in [-0.05, 0) is 39.9 Å². The van der Waals surface area contributed by atoms with Gasteiger partial charge in [-0.3, -0.25) is 0 Å². The van der Waals surface area contributed by atoms with Crippen molar-refractivity contribution in [1.82, 2.24) is 15.0 Å². The summed E-state index contributed by atoms with van der Waals surface area (Å²) >= 11 is 1.85. The summed E-state index contributed by atoms with van der Waals surface area (Å²) in [6, 6.07) is 88.0. The first-order valence-electron chi connectivity index (χ1n) is 22.6. The van der Waals surface area contributed by atoms with E-state index in [2.05, 4.69) is 243 Å². The maximum atomic E-state index is 5.62. The van der Waals surface area contributed by atoms with Crippen LogP contribution in [0.4, 0.5) is 0 Å². The smallest absolute Gasteiger partial charge is 0.160 e. The first-order chi connectivity index (χ1) is 33.2. The topological polar surface area (TPSA) is 38.7 Å². The predicted octanol–water partition coefficient (Wildman–Crippen LogP) is 17.2. The number of fused-ring (bicyclic) bond motifs is 3. The van der Waals surface area contributed by atoms with Crippen LogP contribution in [0.1, 0.15) is 0 Å². The van der Waals surface area contributed by atoms with Gasteiger partial charge in [-0.25, -0.2) is 15.0 Å². The highest BCUT2D eigenvalue weighted by molar-refractivity contribution is 7.26. The van der Waals surface area contributed by atoms with Crippen molar-refractivity contribution in [2.24, 2.45) is 0 Å². The van der Waals surface area contributed by atoms with Crippen molar-refractivity contribution >= 4 is 31.5 Å². The standard InChI is InChI=1S/C63H41N3S/c1-6-19-43(20-7-1)54-41-55(65-63(64-54)50-39-33-42(34-40-50)51-30-18-31-53-52-29-16-17-32-56(52)67-62(51)53)44-35-37-47(38-36-44)57-58(45-21-8-2-9-22-45)60(48-25-12-4-13-26-48)66-61(49-27-14-5-15-28-49)59(57)46-23-10-3-11-24-46/h1-41H. The van der Waals surface area contributed by atoms with Crippen LogP contribution in [0.3, 0.4) is 0 Å². The lowest BCUT2D eigenvalue weighted by Crippen LogP contribution is -2.01. The van der Waals surface area contributed by atoms with Gasteiger partial charge in [0.2, 0.25) is 0 Å². The molecule has 0 aliphatic heterocycles. The van der Waals surface area contributed by atoms with Crippen molar-refractivity contribution in [3.8, 4) is 101 Å². The minimum Gasteiger partial charge on any atom is -0.246 e. The highest BCUT2D eigenvalue weighted by Crippen LogP contribution is 2.49. The molecule has 0 unspecified atom stereocenters. The van der Waals surface area contributed by atoms with Gasteiger partial charge in [0, 0.05) is 64.7 Å². The molecule has 0 aliphatic carbocycles. The lowest BCUT2D eigenvalue weighted by atomic mass is 9.83. The Bertz CT molecular complexity index is 3580. The van der Waals surface area contributed by atoms with E-state index in [1.807, 2.05) is 17.4 Å². The largest absolute Gasteiger partial charge is 0.246 e. The molecular formula is C63H41N3S. The van der Waals surface area contributed by atoms with Gasteiger partial charge in [0.15, 0.2) is 5.82 Å². The molecule has 3 aromatic heterocycles. The number of aromatic nitrogens is 3. The fourth-order valence-electron chi connectivity index (χ4n) is 9.32. The Morgan fingerprint density at radius 3 is 1.22 bits per heavy atom. The van der Waals surface area contributed by atoms with E-state index < -0.39 is 0 Å². The van der Waals surface area contributed by atoms with Gasteiger partial charge in [-0.2, -0.15) is 0 Å². The van der Waals surface area contributed by atoms with E-state index in [1.54, 1.807) is 0 Å². The molecule has 0 spiro atoms. The van der Waals surface area contributed by atoms with Gasteiger partial charge >= 0.3 is 0 Å². The first kappa shape index (κ1) is 40.0. The number of benzene rings is 9. The Hall–Kier alpha value is -8.57. The molecule has 3 heterocycles. The Labute approximate surface area is 394 Å². The van der Waals surface area contributed by atoms with Crippen molar-refractivity contribution in [2.75, 3.05) is 0 Å². The quantitative estimate of drug-likeness (QED) is 0.145. The van der Waals surface area contributed by atoms with Crippen LogP contribution < -0.4 is 0 Å². The first-order valence-corrected chi connectivity index (χ1v) is 23.4. The van der Waals surface area contributed by atoms with E-state index in [9.17, 15) is 0 Å². The molecule has 314 valence electrons. The summed E-state index contributed by atoms with van der Waals surface area (Å²) in [4.78, 5) is 16.1. The molecule has 0 saturated heterocycles. The van der Waals surface area contributed by atoms with E-state index in [1.165, 1.54) is 31.3 Å². The monoisotopic (exact) mass is 871 g/mol. The number of rotatable bonds is 9. The van der Waals surface area contributed by atoms with E-state index in [4.69, 9.17) is 15.0 Å². The fraction of sp³-hybridized carbons (Fsp3) is 0. The molecule has 3 nitrogen and oxygen atoms in total. The highest BCUT2D eigenvalue weighted by atomic mass is 32.1. The summed E-state index contributed by atoms with van der Waals surface area (Å²) in [7, 11) is 0. The van der Waals surface area contributed by atoms with Crippen molar-refractivity contribution in [3.63, 3.8) is 0 Å². The van der Waals surface area contributed by atoms with Crippen molar-refractivity contribution in [1.29, 1.82) is 0 Å². The molecule has 0 fully saturated rings. The summed E-state index contributed by atoms with van der Waals surface area (Å²) in [5.74, 6) is 0.680. The second-order valence-corrected chi connectivity index (χ2v) is 17.7. The van der Waals surface area contributed by atoms with Crippen LogP contribution in [0.15, 0.2) is 249 Å². The molecule has 0 saturated carbocycles. The predicted molar refractivity (Wildman–Crippen MR) is 282 cm³/mol. The molecular weight excluding hydrogens is 831 g/mol. The molecule has 9 aromatic carbocycles. The third-order valence-electron chi connectivity index (χ3n) is 12.5. The van der Waals surface area contributed by atoms with E-state index in [-0.39, 0.29) is 0 Å². The van der Waals surface area contributed by atoms with Crippen LogP contribution in [0.5, 0.6) is 0 Å². The maximum absolute atomic E-state index is 5.62. The van der Waals surface area contributed by atoms with Crippen molar-refractivity contribution in [2.45, 2.75) is 0 Å². The normalized spacial score (nSPS) is 11.3. The summed E-state index contributed by atoms with van der Waals surface area (Å²) in [6.07, 6.45) is 0. The summed E-state index contributed by atoms with van der Waals surface area (Å²) in [5, 5.41) is 2.59. The molecule has 0 atom stereocenters. The molecule has 0 bridgehead atoms. The zero-order valence-corrected chi connectivity index (χ0v) is 37.2. The lowest BCUT2D eigenvalue weighted by molar-refractivity contribution is 1.18. The Morgan fingerprint density at radius 2 is 0.672 bits per heavy atom. The Morgan fingerprint density at radius 1 is 0.269 bits per heavy atom. The van der Waals surface area contributed by atoms with Crippen LogP contribution in [-0.4, -0.2) is 15.0 Å². The summed E-state index contributed by atoms with van der Waals surface area (Å²) < 4.78 is 2.60. The van der Waals surface area contributed by atoms with Gasteiger partial charge < -0.3 is 0 Å². The van der Waals surface area contributed by atoms with E-state index >= 15 is 0 Å². The zero-order valence-electron chi connectivity index (χ0n) is 36.4. The summed E-state index contributed by atoms with van der Waals surface area (Å²) in [5.41, 5.74) is 17.7.